The smallest absolute Gasteiger partial charge is 0.414 e. The molecule has 0 radical (unpaired) electrons. The number of carbonyl (C=O) groups excluding carboxylic acids is 1. The number of sulfonamides is 1. The van der Waals surface area contributed by atoms with Crippen molar-refractivity contribution in [2.75, 3.05) is 38.6 Å². The number of nitrogens with one attached hydrogen (secondary N) is 1. The number of piperazine rings is 1. The zero-order valence-corrected chi connectivity index (χ0v) is 24.0. The predicted octanol–water partition coefficient (Wildman–Crippen LogP) is 2.89. The molecule has 0 unspecified atom stereocenters. The lowest BCUT2D eigenvalue weighted by atomic mass is 10.1. The highest BCUT2D eigenvalue weighted by atomic mass is 32.2. The average molecular weight is 600 g/mol. The first-order chi connectivity index (χ1) is 20.0. The highest BCUT2D eigenvalue weighted by molar-refractivity contribution is 7.89. The maximum atomic E-state index is 13.1. The van der Waals surface area contributed by atoms with Crippen molar-refractivity contribution in [1.82, 2.24) is 9.21 Å². The van der Waals surface area contributed by atoms with Crippen LogP contribution in [0.5, 0.6) is 11.5 Å². The summed E-state index contributed by atoms with van der Waals surface area (Å²) >= 11 is 0. The van der Waals surface area contributed by atoms with Crippen molar-refractivity contribution in [1.29, 1.82) is 0 Å². The molecule has 0 spiro atoms. The Balaban J connectivity index is 0.000000730. The Morgan fingerprint density at radius 1 is 0.833 bits per heavy atom. The normalized spacial score (nSPS) is 13.8. The number of carbonyl (C=O) groups is 3. The van der Waals surface area contributed by atoms with Crippen molar-refractivity contribution < 1.29 is 42.5 Å². The number of nitrogens with zero attached hydrogens (tertiary/aromatic N) is 2. The fourth-order valence-corrected chi connectivity index (χ4v) is 5.54. The number of anilines is 1. The zero-order valence-electron chi connectivity index (χ0n) is 23.2. The quantitative estimate of drug-likeness (QED) is 0.312. The van der Waals surface area contributed by atoms with Gasteiger partial charge in [-0.05, 0) is 47.5 Å². The molecule has 1 fully saturated rings. The first-order valence-electron chi connectivity index (χ1n) is 12.9. The molecule has 0 atom stereocenters. The van der Waals surface area contributed by atoms with E-state index in [0.29, 0.717) is 56.5 Å². The average Bonchev–Trinajstić information content (AvgIpc) is 2.97. The van der Waals surface area contributed by atoms with Crippen LogP contribution in [0.3, 0.4) is 0 Å². The first kappa shape index (κ1) is 32.1. The molecule has 1 aliphatic heterocycles. The van der Waals surface area contributed by atoms with E-state index in [1.165, 1.54) is 23.4 Å². The van der Waals surface area contributed by atoms with E-state index in [0.717, 1.165) is 11.1 Å². The number of amides is 1. The van der Waals surface area contributed by atoms with Crippen molar-refractivity contribution in [3.8, 4) is 11.5 Å². The molecular weight excluding hydrogens is 566 g/mol. The fourth-order valence-electron chi connectivity index (χ4n) is 4.11. The molecule has 0 aliphatic carbocycles. The summed E-state index contributed by atoms with van der Waals surface area (Å²) in [5, 5.41) is 17.4. The second kappa shape index (κ2) is 15.0. The van der Waals surface area contributed by atoms with E-state index in [-0.39, 0.29) is 10.8 Å². The van der Waals surface area contributed by atoms with Crippen LogP contribution < -0.4 is 14.8 Å². The molecule has 0 saturated carbocycles. The molecule has 3 aromatic rings. The van der Waals surface area contributed by atoms with E-state index >= 15 is 0 Å². The SMILES string of the molecule is COc1cc(CN2CCN(S(=O)(=O)c3ccc(NC(C)=O)cc3)CC2)ccc1OCc1ccccc1.O=C(O)C(=O)O. The fraction of sp³-hybridized carbons (Fsp3) is 0.276. The molecule has 1 heterocycles. The van der Waals surface area contributed by atoms with Crippen LogP contribution in [0.4, 0.5) is 5.69 Å². The van der Waals surface area contributed by atoms with Crippen LogP contribution in [0.2, 0.25) is 0 Å². The van der Waals surface area contributed by atoms with Gasteiger partial charge in [-0.25, -0.2) is 18.0 Å². The number of methoxy groups -OCH3 is 1. The van der Waals surface area contributed by atoms with Crippen molar-refractivity contribution in [3.05, 3.63) is 83.9 Å². The highest BCUT2D eigenvalue weighted by Gasteiger charge is 2.28. The topological polar surface area (TPSA) is 163 Å². The molecule has 224 valence electrons. The molecule has 0 bridgehead atoms. The number of hydrogen-bond donors (Lipinski definition) is 3. The van der Waals surface area contributed by atoms with Crippen molar-refractivity contribution in [2.24, 2.45) is 0 Å². The molecule has 13 heteroatoms. The van der Waals surface area contributed by atoms with Gasteiger partial charge in [0.05, 0.1) is 12.0 Å². The Bertz CT molecular complexity index is 1460. The van der Waals surface area contributed by atoms with Gasteiger partial charge in [-0.3, -0.25) is 9.69 Å². The van der Waals surface area contributed by atoms with Crippen LogP contribution in [-0.4, -0.2) is 79.0 Å². The highest BCUT2D eigenvalue weighted by Crippen LogP contribution is 2.30. The monoisotopic (exact) mass is 599 g/mol. The molecular formula is C29H33N3O9S. The van der Waals surface area contributed by atoms with Gasteiger partial charge in [-0.1, -0.05) is 36.4 Å². The van der Waals surface area contributed by atoms with E-state index in [2.05, 4.69) is 10.2 Å². The molecule has 0 aromatic heterocycles. The largest absolute Gasteiger partial charge is 0.493 e. The summed E-state index contributed by atoms with van der Waals surface area (Å²) in [5.41, 5.74) is 2.72. The molecule has 12 nitrogen and oxygen atoms in total. The lowest BCUT2D eigenvalue weighted by molar-refractivity contribution is -0.159. The standard InChI is InChI=1S/C27H31N3O5S.C2H2O4/c1-21(31)28-24-9-11-25(12-10-24)36(32,33)30-16-14-29(15-17-30)19-23-8-13-26(27(18-23)34-2)35-20-22-6-4-3-5-7-22;3-1(4)2(5)6/h3-13,18H,14-17,19-20H2,1-2H3,(H,28,31);(H,3,4)(H,5,6). The van der Waals surface area contributed by atoms with E-state index in [9.17, 15) is 13.2 Å². The van der Waals surface area contributed by atoms with E-state index in [1.807, 2.05) is 48.5 Å². The predicted molar refractivity (Wildman–Crippen MR) is 154 cm³/mol. The maximum absolute atomic E-state index is 13.1. The van der Waals surface area contributed by atoms with Gasteiger partial charge in [0.15, 0.2) is 11.5 Å². The number of aliphatic carboxylic acids is 2. The minimum Gasteiger partial charge on any atom is -0.493 e. The van der Waals surface area contributed by atoms with Crippen LogP contribution >= 0.6 is 0 Å². The maximum Gasteiger partial charge on any atom is 0.414 e. The number of carboxylic acid groups (broad SMARTS) is 2. The van der Waals surface area contributed by atoms with Gasteiger partial charge in [0, 0.05) is 45.3 Å². The zero-order chi connectivity index (χ0) is 30.7. The van der Waals surface area contributed by atoms with Crippen LogP contribution in [0.25, 0.3) is 0 Å². The lowest BCUT2D eigenvalue weighted by Crippen LogP contribution is -2.48. The van der Waals surface area contributed by atoms with Gasteiger partial charge in [-0.15, -0.1) is 0 Å². The second-order valence-corrected chi connectivity index (χ2v) is 11.2. The van der Waals surface area contributed by atoms with E-state index < -0.39 is 22.0 Å². The summed E-state index contributed by atoms with van der Waals surface area (Å²) in [6.45, 7) is 4.62. The van der Waals surface area contributed by atoms with Crippen LogP contribution in [0.1, 0.15) is 18.1 Å². The first-order valence-corrected chi connectivity index (χ1v) is 14.3. The van der Waals surface area contributed by atoms with Crippen LogP contribution in [0, 0.1) is 0 Å². The number of ether oxygens (including phenoxy) is 2. The van der Waals surface area contributed by atoms with Crippen LogP contribution in [-0.2, 0) is 37.6 Å². The molecule has 4 rings (SSSR count). The van der Waals surface area contributed by atoms with Crippen molar-refractivity contribution in [3.63, 3.8) is 0 Å². The molecule has 3 N–H and O–H groups in total. The van der Waals surface area contributed by atoms with Gasteiger partial charge >= 0.3 is 11.9 Å². The molecule has 1 aliphatic rings. The van der Waals surface area contributed by atoms with Crippen LogP contribution in [0.15, 0.2) is 77.7 Å². The van der Waals surface area contributed by atoms with E-state index in [4.69, 9.17) is 29.3 Å². The molecule has 42 heavy (non-hydrogen) atoms. The lowest BCUT2D eigenvalue weighted by Gasteiger charge is -2.34. The third-order valence-corrected chi connectivity index (χ3v) is 8.11. The van der Waals surface area contributed by atoms with Crippen molar-refractivity contribution >= 4 is 33.6 Å². The third kappa shape index (κ3) is 9.29. The third-order valence-electron chi connectivity index (χ3n) is 6.20. The van der Waals surface area contributed by atoms with Crippen molar-refractivity contribution in [2.45, 2.75) is 25.0 Å². The van der Waals surface area contributed by atoms with Gasteiger partial charge in [0.2, 0.25) is 15.9 Å². The summed E-state index contributed by atoms with van der Waals surface area (Å²) in [5.74, 6) is -2.49. The summed E-state index contributed by atoms with van der Waals surface area (Å²) in [4.78, 5) is 31.8. The number of carboxylic acids is 2. The van der Waals surface area contributed by atoms with Gasteiger partial charge in [0.25, 0.3) is 0 Å². The molecule has 3 aromatic carbocycles. The Morgan fingerprint density at radius 2 is 1.45 bits per heavy atom. The second-order valence-electron chi connectivity index (χ2n) is 9.26. The Morgan fingerprint density at radius 3 is 2.00 bits per heavy atom. The summed E-state index contributed by atoms with van der Waals surface area (Å²) in [7, 11) is -1.97. The number of hydrogen-bond acceptors (Lipinski definition) is 8. The minimum atomic E-state index is -3.59. The Kier molecular flexibility index (Phi) is 11.4. The van der Waals surface area contributed by atoms with Gasteiger partial charge in [0.1, 0.15) is 6.61 Å². The molecule has 1 saturated heterocycles. The molecule has 1 amide bonds. The van der Waals surface area contributed by atoms with E-state index in [1.54, 1.807) is 19.2 Å². The Hall–Kier alpha value is -4.46. The summed E-state index contributed by atoms with van der Waals surface area (Å²) in [6, 6.07) is 22.1. The van der Waals surface area contributed by atoms with Gasteiger partial charge < -0.3 is 25.0 Å². The summed E-state index contributed by atoms with van der Waals surface area (Å²) in [6.07, 6.45) is 0. The number of rotatable bonds is 9. The van der Waals surface area contributed by atoms with Gasteiger partial charge in [-0.2, -0.15) is 4.31 Å². The minimum absolute atomic E-state index is 0.200. The number of benzene rings is 3. The Labute approximate surface area is 244 Å². The summed E-state index contributed by atoms with van der Waals surface area (Å²) < 4.78 is 39.1.